The Morgan fingerprint density at radius 2 is 1.35 bits per heavy atom. The predicted octanol–water partition coefficient (Wildman–Crippen LogP) is 3.77. The number of aromatic carboxylic acids is 1. The van der Waals surface area contributed by atoms with Crippen LogP contribution in [0, 0.1) is 0 Å². The number of carbonyl (C=O) groups is 2. The monoisotopic (exact) mass is 270 g/mol. The molecule has 0 atom stereocenters. The zero-order valence-electron chi connectivity index (χ0n) is 11.0. The third-order valence-electron chi connectivity index (χ3n) is 2.83. The molecule has 2 aromatic rings. The van der Waals surface area contributed by atoms with Crippen LogP contribution in [0.25, 0.3) is 0 Å². The van der Waals surface area contributed by atoms with Gasteiger partial charge in [0, 0.05) is 12.0 Å². The number of ether oxygens (including phenoxy) is 1. The Labute approximate surface area is 116 Å². The Morgan fingerprint density at radius 1 is 0.900 bits per heavy atom. The Kier molecular flexibility index (Phi) is 4.15. The molecule has 0 amide bonds. The number of benzene rings is 2. The molecule has 0 bridgehead atoms. The molecule has 0 aliphatic carbocycles. The van der Waals surface area contributed by atoms with E-state index < -0.39 is 5.97 Å². The fraction of sp³-hybridized carbons (Fsp3) is 0.125. The number of hydrogen-bond donors (Lipinski definition) is 1. The molecule has 2 rings (SSSR count). The van der Waals surface area contributed by atoms with E-state index >= 15 is 0 Å². The lowest BCUT2D eigenvalue weighted by Gasteiger charge is -2.06. The molecule has 0 radical (unpaired) electrons. The van der Waals surface area contributed by atoms with Gasteiger partial charge in [0.05, 0.1) is 5.56 Å². The molecule has 4 heteroatoms. The highest BCUT2D eigenvalue weighted by Gasteiger charge is 2.05. The van der Waals surface area contributed by atoms with Crippen molar-refractivity contribution in [3.8, 4) is 11.5 Å². The van der Waals surface area contributed by atoms with Crippen molar-refractivity contribution < 1.29 is 19.4 Å². The van der Waals surface area contributed by atoms with Crippen LogP contribution < -0.4 is 4.74 Å². The van der Waals surface area contributed by atoms with E-state index in [2.05, 4.69) is 0 Å². The maximum Gasteiger partial charge on any atom is 0.335 e. The standard InChI is InChI=1S/C16H14O4/c1-2-15(17)11-3-7-13(8-4-11)20-14-9-5-12(6-10-14)16(18)19/h3-10H,2H2,1H3,(H,18,19). The van der Waals surface area contributed by atoms with Gasteiger partial charge < -0.3 is 9.84 Å². The summed E-state index contributed by atoms with van der Waals surface area (Å²) in [4.78, 5) is 22.2. The molecule has 0 aliphatic heterocycles. The topological polar surface area (TPSA) is 63.6 Å². The molecule has 102 valence electrons. The van der Waals surface area contributed by atoms with E-state index in [1.165, 1.54) is 12.1 Å². The average molecular weight is 270 g/mol. The van der Waals surface area contributed by atoms with E-state index in [4.69, 9.17) is 9.84 Å². The maximum atomic E-state index is 11.5. The van der Waals surface area contributed by atoms with Crippen LogP contribution in [0.5, 0.6) is 11.5 Å². The molecule has 0 aliphatic rings. The summed E-state index contributed by atoms with van der Waals surface area (Å²) in [6.45, 7) is 1.82. The third-order valence-corrected chi connectivity index (χ3v) is 2.83. The van der Waals surface area contributed by atoms with Gasteiger partial charge in [-0.15, -0.1) is 0 Å². The van der Waals surface area contributed by atoms with Crippen LogP contribution >= 0.6 is 0 Å². The van der Waals surface area contributed by atoms with Crippen LogP contribution in [0.4, 0.5) is 0 Å². The largest absolute Gasteiger partial charge is 0.478 e. The van der Waals surface area contributed by atoms with Crippen molar-refractivity contribution in [3.05, 3.63) is 59.7 Å². The Morgan fingerprint density at radius 3 is 1.75 bits per heavy atom. The van der Waals surface area contributed by atoms with Crippen molar-refractivity contribution in [3.63, 3.8) is 0 Å². The van der Waals surface area contributed by atoms with Crippen LogP contribution in [-0.4, -0.2) is 16.9 Å². The summed E-state index contributed by atoms with van der Waals surface area (Å²) < 4.78 is 5.58. The molecule has 2 aromatic carbocycles. The summed E-state index contributed by atoms with van der Waals surface area (Å²) in [5.41, 5.74) is 0.863. The van der Waals surface area contributed by atoms with Gasteiger partial charge in [0.1, 0.15) is 11.5 Å². The quantitative estimate of drug-likeness (QED) is 0.840. The fourth-order valence-corrected chi connectivity index (χ4v) is 1.71. The first-order valence-electron chi connectivity index (χ1n) is 6.24. The van der Waals surface area contributed by atoms with Crippen molar-refractivity contribution in [2.75, 3.05) is 0 Å². The number of carboxylic acid groups (broad SMARTS) is 1. The highest BCUT2D eigenvalue weighted by Crippen LogP contribution is 2.22. The van der Waals surface area contributed by atoms with E-state index in [1.807, 2.05) is 6.92 Å². The van der Waals surface area contributed by atoms with Gasteiger partial charge in [0.15, 0.2) is 5.78 Å². The average Bonchev–Trinajstić information content (AvgIpc) is 2.48. The van der Waals surface area contributed by atoms with E-state index in [1.54, 1.807) is 36.4 Å². The van der Waals surface area contributed by atoms with Gasteiger partial charge in [0.25, 0.3) is 0 Å². The highest BCUT2D eigenvalue weighted by atomic mass is 16.5. The molecular formula is C16H14O4. The van der Waals surface area contributed by atoms with Gasteiger partial charge in [0.2, 0.25) is 0 Å². The lowest BCUT2D eigenvalue weighted by Crippen LogP contribution is -1.96. The lowest BCUT2D eigenvalue weighted by molar-refractivity contribution is 0.0696. The first-order chi connectivity index (χ1) is 9.60. The van der Waals surface area contributed by atoms with Gasteiger partial charge in [-0.2, -0.15) is 0 Å². The summed E-state index contributed by atoms with van der Waals surface area (Å²) in [7, 11) is 0. The fourth-order valence-electron chi connectivity index (χ4n) is 1.71. The zero-order valence-corrected chi connectivity index (χ0v) is 11.0. The summed E-state index contributed by atoms with van der Waals surface area (Å²) in [6.07, 6.45) is 0.469. The maximum absolute atomic E-state index is 11.5. The van der Waals surface area contributed by atoms with Gasteiger partial charge in [-0.1, -0.05) is 6.92 Å². The molecule has 0 saturated heterocycles. The number of carbonyl (C=O) groups excluding carboxylic acids is 1. The number of hydrogen-bond acceptors (Lipinski definition) is 3. The van der Waals surface area contributed by atoms with Crippen molar-refractivity contribution in [1.82, 2.24) is 0 Å². The Bertz CT molecular complexity index is 612. The van der Waals surface area contributed by atoms with Crippen molar-refractivity contribution in [2.24, 2.45) is 0 Å². The first-order valence-corrected chi connectivity index (χ1v) is 6.24. The highest BCUT2D eigenvalue weighted by molar-refractivity contribution is 5.95. The molecule has 1 N–H and O–H groups in total. The second-order valence-electron chi connectivity index (χ2n) is 4.23. The smallest absolute Gasteiger partial charge is 0.335 e. The molecule has 0 heterocycles. The summed E-state index contributed by atoms with van der Waals surface area (Å²) in [5.74, 6) is 0.256. The Hall–Kier alpha value is -2.62. The van der Waals surface area contributed by atoms with Gasteiger partial charge in [-0.3, -0.25) is 4.79 Å². The van der Waals surface area contributed by atoms with E-state index in [9.17, 15) is 9.59 Å². The molecule has 4 nitrogen and oxygen atoms in total. The minimum Gasteiger partial charge on any atom is -0.478 e. The molecule has 0 aromatic heterocycles. The molecule has 0 spiro atoms. The third kappa shape index (κ3) is 3.23. The van der Waals surface area contributed by atoms with Gasteiger partial charge >= 0.3 is 5.97 Å². The van der Waals surface area contributed by atoms with Crippen molar-refractivity contribution >= 4 is 11.8 Å². The number of Topliss-reactive ketones (excluding diaryl/α,β-unsaturated/α-hetero) is 1. The number of carboxylic acids is 1. The summed E-state index contributed by atoms with van der Waals surface area (Å²) in [6, 6.07) is 13.0. The second-order valence-corrected chi connectivity index (χ2v) is 4.23. The van der Waals surface area contributed by atoms with E-state index in [-0.39, 0.29) is 11.3 Å². The van der Waals surface area contributed by atoms with Crippen LogP contribution in [-0.2, 0) is 0 Å². The van der Waals surface area contributed by atoms with E-state index in [0.29, 0.717) is 23.5 Å². The molecule has 0 fully saturated rings. The number of rotatable bonds is 5. The number of ketones is 1. The van der Waals surface area contributed by atoms with Crippen LogP contribution in [0.3, 0.4) is 0 Å². The summed E-state index contributed by atoms with van der Waals surface area (Å²) in [5, 5.41) is 8.80. The molecule has 20 heavy (non-hydrogen) atoms. The van der Waals surface area contributed by atoms with Gasteiger partial charge in [-0.05, 0) is 48.5 Å². The van der Waals surface area contributed by atoms with Crippen LogP contribution in [0.2, 0.25) is 0 Å². The minimum absolute atomic E-state index is 0.0855. The SMILES string of the molecule is CCC(=O)c1ccc(Oc2ccc(C(=O)O)cc2)cc1. The first kappa shape index (κ1) is 13.8. The zero-order chi connectivity index (χ0) is 14.5. The predicted molar refractivity (Wildman–Crippen MR) is 74.5 cm³/mol. The summed E-state index contributed by atoms with van der Waals surface area (Å²) >= 11 is 0. The minimum atomic E-state index is -0.973. The van der Waals surface area contributed by atoms with Crippen molar-refractivity contribution in [1.29, 1.82) is 0 Å². The Balaban J connectivity index is 2.10. The van der Waals surface area contributed by atoms with Crippen molar-refractivity contribution in [2.45, 2.75) is 13.3 Å². The lowest BCUT2D eigenvalue weighted by atomic mass is 10.1. The normalized spacial score (nSPS) is 10.1. The van der Waals surface area contributed by atoms with Gasteiger partial charge in [-0.25, -0.2) is 4.79 Å². The van der Waals surface area contributed by atoms with E-state index in [0.717, 1.165) is 0 Å². The molecular weight excluding hydrogens is 256 g/mol. The molecule has 0 unspecified atom stereocenters. The molecule has 0 saturated carbocycles. The van der Waals surface area contributed by atoms with Crippen LogP contribution in [0.15, 0.2) is 48.5 Å². The van der Waals surface area contributed by atoms with Crippen LogP contribution in [0.1, 0.15) is 34.1 Å². The second kappa shape index (κ2) is 6.02.